The Bertz CT molecular complexity index is 368. The van der Waals surface area contributed by atoms with Crippen LogP contribution in [0.25, 0.3) is 0 Å². The van der Waals surface area contributed by atoms with Crippen molar-refractivity contribution in [3.05, 3.63) is 35.6 Å². The number of hydrogen-bond donors (Lipinski definition) is 1. The van der Waals surface area contributed by atoms with Crippen LogP contribution in [0.4, 0.5) is 4.39 Å². The second-order valence-corrected chi connectivity index (χ2v) is 4.39. The normalized spacial score (nSPS) is 11.6. The first-order valence-corrected chi connectivity index (χ1v) is 5.73. The molecule has 0 saturated carbocycles. The number of nitrogens with two attached hydrogens (primary N) is 1. The molecular weight excluding hydrogens is 255 g/mol. The number of rotatable bonds is 5. The van der Waals surface area contributed by atoms with Crippen molar-refractivity contribution in [1.29, 1.82) is 0 Å². The molecule has 1 atom stereocenters. The van der Waals surface area contributed by atoms with E-state index < -0.39 is 0 Å². The summed E-state index contributed by atoms with van der Waals surface area (Å²) in [4.78, 5) is 13.3. The van der Waals surface area contributed by atoms with Gasteiger partial charge in [0.2, 0.25) is 5.91 Å². The lowest BCUT2D eigenvalue weighted by Crippen LogP contribution is -2.27. The highest BCUT2D eigenvalue weighted by Gasteiger charge is 2.09. The van der Waals surface area contributed by atoms with Gasteiger partial charge in [0, 0.05) is 26.1 Å². The van der Waals surface area contributed by atoms with E-state index in [2.05, 4.69) is 0 Å². The van der Waals surface area contributed by atoms with Crippen molar-refractivity contribution in [3.8, 4) is 0 Å². The highest BCUT2D eigenvalue weighted by atomic mass is 35.5. The lowest BCUT2D eigenvalue weighted by atomic mass is 10.1. The number of carbonyl (C=O) groups excluding carboxylic acids is 1. The molecule has 0 aliphatic carbocycles. The summed E-state index contributed by atoms with van der Waals surface area (Å²) in [5, 5.41) is 0. The molecule has 18 heavy (non-hydrogen) atoms. The quantitative estimate of drug-likeness (QED) is 0.896. The summed E-state index contributed by atoms with van der Waals surface area (Å²) in [5.41, 5.74) is 6.52. The Morgan fingerprint density at radius 3 is 2.44 bits per heavy atom. The predicted molar refractivity (Wildman–Crippen MR) is 73.0 cm³/mol. The zero-order chi connectivity index (χ0) is 12.8. The summed E-state index contributed by atoms with van der Waals surface area (Å²) in [6.07, 6.45) is 1.14. The second kappa shape index (κ2) is 8.06. The van der Waals surface area contributed by atoms with Crippen LogP contribution >= 0.6 is 12.4 Å². The van der Waals surface area contributed by atoms with Crippen LogP contribution in [0.15, 0.2) is 24.3 Å². The van der Waals surface area contributed by atoms with Gasteiger partial charge in [-0.25, -0.2) is 4.39 Å². The molecular formula is C13H20ClFN2O. The molecule has 5 heteroatoms. The summed E-state index contributed by atoms with van der Waals surface area (Å²) in [7, 11) is 1.74. The molecule has 1 unspecified atom stereocenters. The second-order valence-electron chi connectivity index (χ2n) is 4.39. The summed E-state index contributed by atoms with van der Waals surface area (Å²) < 4.78 is 12.7. The third-order valence-electron chi connectivity index (χ3n) is 2.57. The average Bonchev–Trinajstić information content (AvgIpc) is 2.28. The largest absolute Gasteiger partial charge is 0.341 e. The van der Waals surface area contributed by atoms with E-state index in [9.17, 15) is 9.18 Å². The monoisotopic (exact) mass is 274 g/mol. The lowest BCUT2D eigenvalue weighted by molar-refractivity contribution is -0.130. The van der Waals surface area contributed by atoms with Crippen LogP contribution in [-0.4, -0.2) is 23.9 Å². The molecule has 0 bridgehead atoms. The molecule has 0 radical (unpaired) electrons. The van der Waals surface area contributed by atoms with Crippen molar-refractivity contribution in [3.63, 3.8) is 0 Å². The van der Waals surface area contributed by atoms with Gasteiger partial charge in [0.25, 0.3) is 0 Å². The zero-order valence-corrected chi connectivity index (χ0v) is 11.5. The smallest absolute Gasteiger partial charge is 0.222 e. The zero-order valence-electron chi connectivity index (χ0n) is 10.7. The number of hydrogen-bond acceptors (Lipinski definition) is 2. The minimum Gasteiger partial charge on any atom is -0.341 e. The van der Waals surface area contributed by atoms with Crippen LogP contribution in [0.1, 0.15) is 25.3 Å². The molecule has 0 aromatic heterocycles. The van der Waals surface area contributed by atoms with Gasteiger partial charge in [-0.05, 0) is 31.0 Å². The minimum absolute atomic E-state index is 0. The molecule has 1 aromatic carbocycles. The Kier molecular flexibility index (Phi) is 7.55. The van der Waals surface area contributed by atoms with Crippen molar-refractivity contribution in [2.75, 3.05) is 7.05 Å². The maximum absolute atomic E-state index is 12.7. The van der Waals surface area contributed by atoms with Crippen LogP contribution in [0.3, 0.4) is 0 Å². The van der Waals surface area contributed by atoms with E-state index in [1.807, 2.05) is 6.92 Å². The third kappa shape index (κ3) is 5.98. The summed E-state index contributed by atoms with van der Waals surface area (Å²) in [6.45, 7) is 2.38. The Morgan fingerprint density at radius 1 is 1.39 bits per heavy atom. The molecule has 0 fully saturated rings. The molecule has 1 amide bonds. The Morgan fingerprint density at radius 2 is 1.94 bits per heavy atom. The van der Waals surface area contributed by atoms with Crippen LogP contribution in [0, 0.1) is 5.82 Å². The Labute approximate surface area is 114 Å². The van der Waals surface area contributed by atoms with Gasteiger partial charge in [-0.1, -0.05) is 12.1 Å². The highest BCUT2D eigenvalue weighted by molar-refractivity contribution is 5.85. The van der Waals surface area contributed by atoms with Gasteiger partial charge in [-0.3, -0.25) is 4.79 Å². The summed E-state index contributed by atoms with van der Waals surface area (Å²) in [5.74, 6) is -0.202. The number of amides is 1. The fourth-order valence-corrected chi connectivity index (χ4v) is 1.49. The minimum atomic E-state index is -0.264. The van der Waals surface area contributed by atoms with Crippen molar-refractivity contribution >= 4 is 18.3 Å². The first-order chi connectivity index (χ1) is 7.99. The molecule has 0 aliphatic rings. The fraction of sp³-hybridized carbons (Fsp3) is 0.462. The van der Waals surface area contributed by atoms with E-state index in [0.717, 1.165) is 5.56 Å². The van der Waals surface area contributed by atoms with Gasteiger partial charge < -0.3 is 10.6 Å². The van der Waals surface area contributed by atoms with Crippen molar-refractivity contribution in [2.24, 2.45) is 5.73 Å². The first kappa shape index (κ1) is 16.9. The van der Waals surface area contributed by atoms with Crippen molar-refractivity contribution in [1.82, 2.24) is 4.90 Å². The molecule has 3 nitrogen and oxygen atoms in total. The average molecular weight is 275 g/mol. The summed E-state index contributed by atoms with van der Waals surface area (Å²) in [6, 6.07) is 6.21. The Hall–Kier alpha value is -1.13. The topological polar surface area (TPSA) is 46.3 Å². The van der Waals surface area contributed by atoms with Crippen LogP contribution in [0.2, 0.25) is 0 Å². The highest BCUT2D eigenvalue weighted by Crippen LogP contribution is 2.07. The maximum Gasteiger partial charge on any atom is 0.222 e. The number of nitrogens with zero attached hydrogens (tertiary/aromatic N) is 1. The number of halogens is 2. The lowest BCUT2D eigenvalue weighted by Gasteiger charge is -2.17. The molecule has 102 valence electrons. The molecule has 0 heterocycles. The van der Waals surface area contributed by atoms with E-state index in [0.29, 0.717) is 19.4 Å². The van der Waals surface area contributed by atoms with Gasteiger partial charge in [0.05, 0.1) is 0 Å². The molecule has 0 aliphatic heterocycles. The van der Waals surface area contributed by atoms with Crippen LogP contribution in [-0.2, 0) is 11.3 Å². The fourth-order valence-electron chi connectivity index (χ4n) is 1.49. The van der Waals surface area contributed by atoms with Gasteiger partial charge in [0.1, 0.15) is 5.82 Å². The summed E-state index contributed by atoms with van der Waals surface area (Å²) >= 11 is 0. The molecule has 0 spiro atoms. The molecule has 1 rings (SSSR count). The molecule has 2 N–H and O–H groups in total. The van der Waals surface area contributed by atoms with Gasteiger partial charge >= 0.3 is 0 Å². The first-order valence-electron chi connectivity index (χ1n) is 5.73. The van der Waals surface area contributed by atoms with E-state index in [1.165, 1.54) is 12.1 Å². The maximum atomic E-state index is 12.7. The van der Waals surface area contributed by atoms with Crippen molar-refractivity contribution in [2.45, 2.75) is 32.4 Å². The van der Waals surface area contributed by atoms with Gasteiger partial charge in [-0.15, -0.1) is 12.4 Å². The van der Waals surface area contributed by atoms with E-state index >= 15 is 0 Å². The van der Waals surface area contributed by atoms with E-state index in [-0.39, 0.29) is 30.2 Å². The van der Waals surface area contributed by atoms with E-state index in [1.54, 1.807) is 24.1 Å². The number of benzene rings is 1. The van der Waals surface area contributed by atoms with Crippen LogP contribution < -0.4 is 5.73 Å². The van der Waals surface area contributed by atoms with Gasteiger partial charge in [0.15, 0.2) is 0 Å². The number of carbonyl (C=O) groups is 1. The molecule has 1 aromatic rings. The molecule has 0 saturated heterocycles. The van der Waals surface area contributed by atoms with Crippen molar-refractivity contribution < 1.29 is 9.18 Å². The predicted octanol–water partition coefficient (Wildman–Crippen LogP) is 2.33. The van der Waals surface area contributed by atoms with E-state index in [4.69, 9.17) is 5.73 Å². The standard InChI is InChI=1S/C13H19FN2O.ClH/c1-10(15)3-8-13(17)16(2)9-11-4-6-12(14)7-5-11;/h4-7,10H,3,8-9,15H2,1-2H3;1H. The third-order valence-corrected chi connectivity index (χ3v) is 2.57. The Balaban J connectivity index is 0.00000289. The van der Waals surface area contributed by atoms with Crippen LogP contribution in [0.5, 0.6) is 0 Å². The van der Waals surface area contributed by atoms with Gasteiger partial charge in [-0.2, -0.15) is 0 Å². The SMILES string of the molecule is CC(N)CCC(=O)N(C)Cc1ccc(F)cc1.Cl.